The Balaban J connectivity index is 2.36. The Morgan fingerprint density at radius 1 is 1.14 bits per heavy atom. The van der Waals surface area contributed by atoms with Gasteiger partial charge in [0, 0.05) is 0 Å². The molecular formula is C14H15ClN2O3S. The molecule has 0 unspecified atom stereocenters. The lowest BCUT2D eigenvalue weighted by Gasteiger charge is -2.12. The van der Waals surface area contributed by atoms with Crippen LogP contribution < -0.4 is 15.2 Å². The first-order valence-electron chi connectivity index (χ1n) is 6.10. The lowest BCUT2D eigenvalue weighted by molar-refractivity contribution is 0.484. The van der Waals surface area contributed by atoms with E-state index in [2.05, 4.69) is 4.72 Å². The van der Waals surface area contributed by atoms with Crippen LogP contribution in [0.2, 0.25) is 5.02 Å². The number of nitrogens with two attached hydrogens (primary N) is 1. The summed E-state index contributed by atoms with van der Waals surface area (Å²) in [5, 5.41) is 0.451. The Bertz CT molecular complexity index is 776. The topological polar surface area (TPSA) is 81.4 Å². The van der Waals surface area contributed by atoms with Gasteiger partial charge in [-0.25, -0.2) is 13.1 Å². The third-order valence-electron chi connectivity index (χ3n) is 2.87. The number of sulfonamides is 1. The molecule has 0 saturated carbocycles. The number of hydrogen-bond donors (Lipinski definition) is 2. The van der Waals surface area contributed by atoms with Crippen molar-refractivity contribution in [3.05, 3.63) is 47.0 Å². The van der Waals surface area contributed by atoms with E-state index in [-0.39, 0.29) is 10.6 Å². The molecule has 0 aliphatic rings. The van der Waals surface area contributed by atoms with Gasteiger partial charge < -0.3 is 10.5 Å². The van der Waals surface area contributed by atoms with Crippen LogP contribution in [0, 0.1) is 6.92 Å². The molecule has 2 aromatic rings. The van der Waals surface area contributed by atoms with Crippen molar-refractivity contribution in [3.63, 3.8) is 0 Å². The number of anilines is 1. The molecule has 2 rings (SSSR count). The van der Waals surface area contributed by atoms with E-state index in [0.29, 0.717) is 16.5 Å². The molecule has 21 heavy (non-hydrogen) atoms. The maximum absolute atomic E-state index is 11.7. The van der Waals surface area contributed by atoms with Crippen molar-refractivity contribution in [2.24, 2.45) is 0 Å². The lowest BCUT2D eigenvalue weighted by Crippen LogP contribution is -2.18. The van der Waals surface area contributed by atoms with Crippen molar-refractivity contribution < 1.29 is 13.2 Å². The minimum atomic E-state index is -3.54. The van der Waals surface area contributed by atoms with E-state index < -0.39 is 10.0 Å². The first-order chi connectivity index (χ1) is 9.83. The van der Waals surface area contributed by atoms with Gasteiger partial charge in [-0.05, 0) is 49.9 Å². The van der Waals surface area contributed by atoms with Crippen LogP contribution in [0.5, 0.6) is 11.5 Å². The fourth-order valence-electron chi connectivity index (χ4n) is 1.71. The highest BCUT2D eigenvalue weighted by Gasteiger charge is 2.14. The zero-order chi connectivity index (χ0) is 15.6. The van der Waals surface area contributed by atoms with Gasteiger partial charge in [-0.2, -0.15) is 0 Å². The Kier molecular flexibility index (Phi) is 4.41. The monoisotopic (exact) mass is 326 g/mol. The van der Waals surface area contributed by atoms with E-state index >= 15 is 0 Å². The van der Waals surface area contributed by atoms with E-state index in [1.165, 1.54) is 25.2 Å². The second kappa shape index (κ2) is 5.93. The van der Waals surface area contributed by atoms with Gasteiger partial charge in [0.2, 0.25) is 10.0 Å². The number of benzene rings is 2. The molecule has 3 N–H and O–H groups in total. The molecule has 0 aliphatic carbocycles. The molecule has 0 heterocycles. The van der Waals surface area contributed by atoms with Gasteiger partial charge in [0.1, 0.15) is 11.5 Å². The number of ether oxygens (including phenoxy) is 1. The van der Waals surface area contributed by atoms with Crippen LogP contribution in [-0.2, 0) is 10.0 Å². The number of rotatable bonds is 4. The maximum atomic E-state index is 11.7. The first-order valence-corrected chi connectivity index (χ1v) is 7.96. The van der Waals surface area contributed by atoms with E-state index in [4.69, 9.17) is 22.1 Å². The van der Waals surface area contributed by atoms with Crippen LogP contribution in [0.25, 0.3) is 0 Å². The van der Waals surface area contributed by atoms with Crippen LogP contribution in [0.4, 0.5) is 5.69 Å². The predicted molar refractivity (Wildman–Crippen MR) is 83.4 cm³/mol. The molecule has 0 spiro atoms. The van der Waals surface area contributed by atoms with Gasteiger partial charge >= 0.3 is 0 Å². The van der Waals surface area contributed by atoms with Gasteiger partial charge in [0.05, 0.1) is 15.6 Å². The summed E-state index contributed by atoms with van der Waals surface area (Å²) in [4.78, 5) is 0.0742. The largest absolute Gasteiger partial charge is 0.454 e. The molecular weight excluding hydrogens is 312 g/mol. The molecule has 112 valence electrons. The summed E-state index contributed by atoms with van der Waals surface area (Å²) < 4.78 is 31.3. The van der Waals surface area contributed by atoms with Crippen LogP contribution in [0.1, 0.15) is 5.56 Å². The van der Waals surface area contributed by atoms with Crippen molar-refractivity contribution >= 4 is 27.3 Å². The van der Waals surface area contributed by atoms with Gasteiger partial charge in [0.25, 0.3) is 0 Å². The minimum absolute atomic E-state index is 0.0742. The summed E-state index contributed by atoms with van der Waals surface area (Å²) >= 11 is 6.05. The SMILES string of the molecule is CNS(=O)(=O)c1ccc(Oc2cc(C)ccc2Cl)c(N)c1. The minimum Gasteiger partial charge on any atom is -0.454 e. The average molecular weight is 327 g/mol. The molecule has 0 amide bonds. The Hall–Kier alpha value is -1.76. The molecule has 0 bridgehead atoms. The van der Waals surface area contributed by atoms with E-state index in [1.54, 1.807) is 12.1 Å². The van der Waals surface area contributed by atoms with Gasteiger partial charge in [-0.15, -0.1) is 0 Å². The first kappa shape index (κ1) is 15.6. The normalized spacial score (nSPS) is 11.4. The second-order valence-electron chi connectivity index (χ2n) is 4.44. The van der Waals surface area contributed by atoms with Crippen LogP contribution >= 0.6 is 11.6 Å². The Morgan fingerprint density at radius 2 is 1.86 bits per heavy atom. The van der Waals surface area contributed by atoms with Crippen LogP contribution in [-0.4, -0.2) is 15.5 Å². The molecule has 0 aromatic heterocycles. The predicted octanol–water partition coefficient (Wildman–Crippen LogP) is 2.93. The highest BCUT2D eigenvalue weighted by Crippen LogP contribution is 2.34. The maximum Gasteiger partial charge on any atom is 0.240 e. The fourth-order valence-corrected chi connectivity index (χ4v) is 2.63. The zero-order valence-corrected chi connectivity index (χ0v) is 13.1. The number of hydrogen-bond acceptors (Lipinski definition) is 4. The molecule has 0 aliphatic heterocycles. The molecule has 0 saturated heterocycles. The quantitative estimate of drug-likeness (QED) is 0.846. The molecule has 5 nitrogen and oxygen atoms in total. The van der Waals surface area contributed by atoms with Gasteiger partial charge in [-0.3, -0.25) is 0 Å². The highest BCUT2D eigenvalue weighted by molar-refractivity contribution is 7.89. The summed E-state index contributed by atoms with van der Waals surface area (Å²) in [6, 6.07) is 9.62. The molecule has 7 heteroatoms. The second-order valence-corrected chi connectivity index (χ2v) is 6.74. The summed E-state index contributed by atoms with van der Waals surface area (Å²) in [5.41, 5.74) is 7.05. The summed E-state index contributed by atoms with van der Waals surface area (Å²) in [6.45, 7) is 1.91. The summed E-state index contributed by atoms with van der Waals surface area (Å²) in [6.07, 6.45) is 0. The molecule has 0 fully saturated rings. The lowest BCUT2D eigenvalue weighted by atomic mass is 10.2. The van der Waals surface area contributed by atoms with Crippen molar-refractivity contribution in [2.75, 3.05) is 12.8 Å². The average Bonchev–Trinajstić information content (AvgIpc) is 2.44. The number of halogens is 1. The zero-order valence-electron chi connectivity index (χ0n) is 11.6. The smallest absolute Gasteiger partial charge is 0.240 e. The number of nitrogens with one attached hydrogen (secondary N) is 1. The van der Waals surface area contributed by atoms with Gasteiger partial charge in [-0.1, -0.05) is 17.7 Å². The third kappa shape index (κ3) is 3.47. The van der Waals surface area contributed by atoms with E-state index in [1.807, 2.05) is 13.0 Å². The van der Waals surface area contributed by atoms with Crippen LogP contribution in [0.3, 0.4) is 0 Å². The molecule has 0 radical (unpaired) electrons. The Morgan fingerprint density at radius 3 is 2.48 bits per heavy atom. The molecule has 0 atom stereocenters. The molecule has 2 aromatic carbocycles. The van der Waals surface area contributed by atoms with Crippen LogP contribution in [0.15, 0.2) is 41.3 Å². The number of nitrogen functional groups attached to an aromatic ring is 1. The van der Waals surface area contributed by atoms with E-state index in [0.717, 1.165) is 5.56 Å². The van der Waals surface area contributed by atoms with Crippen molar-refractivity contribution in [2.45, 2.75) is 11.8 Å². The highest BCUT2D eigenvalue weighted by atomic mass is 35.5. The number of aryl methyl sites for hydroxylation is 1. The summed E-state index contributed by atoms with van der Waals surface area (Å²) in [7, 11) is -2.20. The summed E-state index contributed by atoms with van der Waals surface area (Å²) in [5.74, 6) is 0.810. The third-order valence-corrected chi connectivity index (χ3v) is 4.59. The van der Waals surface area contributed by atoms with Crippen molar-refractivity contribution in [3.8, 4) is 11.5 Å². The van der Waals surface area contributed by atoms with E-state index in [9.17, 15) is 8.42 Å². The van der Waals surface area contributed by atoms with Gasteiger partial charge in [0.15, 0.2) is 0 Å². The van der Waals surface area contributed by atoms with Crippen molar-refractivity contribution in [1.29, 1.82) is 0 Å². The Labute approximate surface area is 128 Å². The standard InChI is InChI=1S/C14H15ClN2O3S/c1-9-3-5-11(15)14(7-9)20-13-6-4-10(8-12(13)16)21(18,19)17-2/h3-8,17H,16H2,1-2H3. The van der Waals surface area contributed by atoms with Crippen molar-refractivity contribution in [1.82, 2.24) is 4.72 Å². The fraction of sp³-hybridized carbons (Fsp3) is 0.143.